The molecule has 0 unspecified atom stereocenters. The molecule has 0 amide bonds. The van der Waals surface area contributed by atoms with Crippen molar-refractivity contribution in [2.24, 2.45) is 10.7 Å². The van der Waals surface area contributed by atoms with Crippen LogP contribution in [0.3, 0.4) is 0 Å². The van der Waals surface area contributed by atoms with E-state index in [2.05, 4.69) is 15.3 Å². The lowest BCUT2D eigenvalue weighted by Crippen LogP contribution is -2.41. The summed E-state index contributed by atoms with van der Waals surface area (Å²) in [7, 11) is 0. The van der Waals surface area contributed by atoms with E-state index in [1.807, 2.05) is 13.8 Å². The van der Waals surface area contributed by atoms with Crippen LogP contribution in [0.15, 0.2) is 4.99 Å². The number of nitrogens with zero attached hydrogens (tertiary/aromatic N) is 2. The van der Waals surface area contributed by atoms with Crippen molar-refractivity contribution in [2.45, 2.75) is 58.5 Å². The first kappa shape index (κ1) is 13.3. The van der Waals surface area contributed by atoms with Crippen molar-refractivity contribution in [1.29, 1.82) is 0 Å². The molecule has 1 saturated carbocycles. The van der Waals surface area contributed by atoms with Gasteiger partial charge in [-0.25, -0.2) is 9.98 Å². The zero-order valence-corrected chi connectivity index (χ0v) is 12.0. The van der Waals surface area contributed by atoms with Gasteiger partial charge in [-0.3, -0.25) is 0 Å². The molecule has 1 fully saturated rings. The van der Waals surface area contributed by atoms with E-state index in [9.17, 15) is 0 Å². The highest BCUT2D eigenvalue weighted by molar-refractivity contribution is 7.11. The van der Waals surface area contributed by atoms with Crippen LogP contribution in [0.25, 0.3) is 0 Å². The highest BCUT2D eigenvalue weighted by Crippen LogP contribution is 2.18. The first-order valence-corrected chi connectivity index (χ1v) is 7.46. The molecule has 100 valence electrons. The largest absolute Gasteiger partial charge is 0.370 e. The molecule has 4 nitrogen and oxygen atoms in total. The molecule has 5 heteroatoms. The summed E-state index contributed by atoms with van der Waals surface area (Å²) in [6, 6.07) is 0.520. The molecule has 1 aliphatic rings. The van der Waals surface area contributed by atoms with Gasteiger partial charge in [0, 0.05) is 10.9 Å². The number of hydrogen-bond acceptors (Lipinski definition) is 3. The number of aryl methyl sites for hydroxylation is 2. The number of guanidine groups is 1. The van der Waals surface area contributed by atoms with Gasteiger partial charge in [-0.2, -0.15) is 0 Å². The maximum atomic E-state index is 5.93. The van der Waals surface area contributed by atoms with E-state index >= 15 is 0 Å². The molecule has 0 radical (unpaired) electrons. The first-order chi connectivity index (χ1) is 8.65. The van der Waals surface area contributed by atoms with Gasteiger partial charge in [-0.15, -0.1) is 11.3 Å². The number of aliphatic imine (C=N–C) groups is 1. The van der Waals surface area contributed by atoms with Gasteiger partial charge < -0.3 is 11.1 Å². The molecule has 18 heavy (non-hydrogen) atoms. The number of hydrogen-bond donors (Lipinski definition) is 2. The Hall–Kier alpha value is -1.10. The van der Waals surface area contributed by atoms with Crippen molar-refractivity contribution in [2.75, 3.05) is 0 Å². The van der Waals surface area contributed by atoms with Crippen LogP contribution >= 0.6 is 11.3 Å². The summed E-state index contributed by atoms with van der Waals surface area (Å²) >= 11 is 1.70. The number of nitrogens with one attached hydrogen (secondary N) is 1. The monoisotopic (exact) mass is 266 g/mol. The third-order valence-corrected chi connectivity index (χ3v) is 4.41. The molecule has 0 aromatic carbocycles. The normalized spacial score (nSPS) is 18.0. The molecule has 1 aromatic rings. The molecule has 0 spiro atoms. The van der Waals surface area contributed by atoms with Gasteiger partial charge >= 0.3 is 0 Å². The third kappa shape index (κ3) is 3.70. The minimum absolute atomic E-state index is 0.520. The van der Waals surface area contributed by atoms with Crippen molar-refractivity contribution >= 4 is 17.3 Å². The Balaban J connectivity index is 1.86. The van der Waals surface area contributed by atoms with Crippen LogP contribution in [-0.4, -0.2) is 17.0 Å². The molecule has 0 aliphatic heterocycles. The second-order valence-corrected chi connectivity index (χ2v) is 6.21. The molecule has 1 heterocycles. The fourth-order valence-corrected chi connectivity index (χ4v) is 3.24. The Bertz CT molecular complexity index is 419. The first-order valence-electron chi connectivity index (χ1n) is 6.64. The lowest BCUT2D eigenvalue weighted by Gasteiger charge is -2.23. The van der Waals surface area contributed by atoms with Crippen molar-refractivity contribution in [3.05, 3.63) is 15.6 Å². The molecule has 1 aromatic heterocycles. The van der Waals surface area contributed by atoms with Crippen LogP contribution < -0.4 is 11.1 Å². The average Bonchev–Trinajstić information content (AvgIpc) is 2.66. The van der Waals surface area contributed by atoms with Crippen molar-refractivity contribution in [1.82, 2.24) is 10.3 Å². The molecule has 3 N–H and O–H groups in total. The van der Waals surface area contributed by atoms with E-state index in [4.69, 9.17) is 5.73 Å². The minimum atomic E-state index is 0.520. The number of aromatic nitrogens is 1. The molecule has 0 saturated heterocycles. The van der Waals surface area contributed by atoms with Gasteiger partial charge in [0.1, 0.15) is 0 Å². The van der Waals surface area contributed by atoms with Crippen LogP contribution in [0.4, 0.5) is 0 Å². The number of thiazole rings is 1. The Morgan fingerprint density at radius 2 is 2.11 bits per heavy atom. The van der Waals surface area contributed by atoms with E-state index < -0.39 is 0 Å². The Morgan fingerprint density at radius 3 is 2.72 bits per heavy atom. The smallest absolute Gasteiger partial charge is 0.189 e. The van der Waals surface area contributed by atoms with Crippen LogP contribution in [0, 0.1) is 13.8 Å². The Labute approximate surface area is 113 Å². The van der Waals surface area contributed by atoms with E-state index in [0.29, 0.717) is 18.5 Å². The van der Waals surface area contributed by atoms with Crippen molar-refractivity contribution < 1.29 is 0 Å². The van der Waals surface area contributed by atoms with E-state index in [-0.39, 0.29) is 0 Å². The highest BCUT2D eigenvalue weighted by atomic mass is 32.1. The maximum Gasteiger partial charge on any atom is 0.189 e. The van der Waals surface area contributed by atoms with Crippen molar-refractivity contribution in [3.63, 3.8) is 0 Å². The molecule has 0 atom stereocenters. The minimum Gasteiger partial charge on any atom is -0.370 e. The lowest BCUT2D eigenvalue weighted by atomic mass is 9.96. The topological polar surface area (TPSA) is 63.3 Å². The quantitative estimate of drug-likeness (QED) is 0.652. The summed E-state index contributed by atoms with van der Waals surface area (Å²) in [6.45, 7) is 4.69. The van der Waals surface area contributed by atoms with Gasteiger partial charge in [0.15, 0.2) is 5.96 Å². The standard InChI is InChI=1S/C13H22N4S/c1-9-12(18-10(2)16-9)8-15-13(14)17-11-6-4-3-5-7-11/h11H,3-8H2,1-2H3,(H3,14,15,17). The van der Waals surface area contributed by atoms with E-state index in [1.54, 1.807) is 11.3 Å². The molecule has 2 rings (SSSR count). The van der Waals surface area contributed by atoms with Gasteiger partial charge in [0.05, 0.1) is 17.2 Å². The van der Waals surface area contributed by atoms with Crippen molar-refractivity contribution in [3.8, 4) is 0 Å². The summed E-state index contributed by atoms with van der Waals surface area (Å²) in [4.78, 5) is 10.0. The van der Waals surface area contributed by atoms with Gasteiger partial charge in [0.2, 0.25) is 0 Å². The van der Waals surface area contributed by atoms with Gasteiger partial charge in [-0.1, -0.05) is 19.3 Å². The van der Waals surface area contributed by atoms with Crippen LogP contribution in [0.2, 0.25) is 0 Å². The van der Waals surface area contributed by atoms with Crippen LogP contribution in [0.1, 0.15) is 47.7 Å². The average molecular weight is 266 g/mol. The fourth-order valence-electron chi connectivity index (χ4n) is 2.38. The zero-order chi connectivity index (χ0) is 13.0. The molecule has 1 aliphatic carbocycles. The third-order valence-electron chi connectivity index (χ3n) is 3.35. The lowest BCUT2D eigenvalue weighted by molar-refractivity contribution is 0.412. The summed E-state index contributed by atoms with van der Waals surface area (Å²) < 4.78 is 0. The molecular formula is C13H22N4S. The van der Waals surface area contributed by atoms with E-state index in [0.717, 1.165) is 10.7 Å². The second kappa shape index (κ2) is 6.18. The predicted molar refractivity (Wildman–Crippen MR) is 76.9 cm³/mol. The summed E-state index contributed by atoms with van der Waals surface area (Å²) in [6.07, 6.45) is 6.40. The molecule has 0 bridgehead atoms. The molecular weight excluding hydrogens is 244 g/mol. The fraction of sp³-hybridized carbons (Fsp3) is 0.692. The maximum absolute atomic E-state index is 5.93. The predicted octanol–water partition coefficient (Wildman–Crippen LogP) is 2.50. The Kier molecular flexibility index (Phi) is 4.58. The van der Waals surface area contributed by atoms with Gasteiger partial charge in [0.25, 0.3) is 0 Å². The van der Waals surface area contributed by atoms with Crippen LogP contribution in [0.5, 0.6) is 0 Å². The van der Waals surface area contributed by atoms with Gasteiger partial charge in [-0.05, 0) is 26.7 Å². The summed E-state index contributed by atoms with van der Waals surface area (Å²) in [5.74, 6) is 0.576. The van der Waals surface area contributed by atoms with Crippen LogP contribution in [-0.2, 0) is 6.54 Å². The summed E-state index contributed by atoms with van der Waals surface area (Å²) in [5.41, 5.74) is 7.01. The van der Waals surface area contributed by atoms with E-state index in [1.165, 1.54) is 37.0 Å². The highest BCUT2D eigenvalue weighted by Gasteiger charge is 2.13. The number of nitrogens with two attached hydrogens (primary N) is 1. The number of rotatable bonds is 3. The second-order valence-electron chi connectivity index (χ2n) is 4.92. The SMILES string of the molecule is Cc1nc(C)c(CN=C(N)NC2CCCCC2)s1. The zero-order valence-electron chi connectivity index (χ0n) is 11.2. The summed E-state index contributed by atoms with van der Waals surface area (Å²) in [5, 5.41) is 4.42. The Morgan fingerprint density at radius 1 is 1.39 bits per heavy atom.